The predicted molar refractivity (Wildman–Crippen MR) is 159 cm³/mol. The Kier molecular flexibility index (Phi) is 9.05. The maximum absolute atomic E-state index is 10.7. The molecule has 3 unspecified atom stereocenters. The van der Waals surface area contributed by atoms with E-state index in [4.69, 9.17) is 16.3 Å². The number of fused-ring (bicyclic) bond motifs is 2. The van der Waals surface area contributed by atoms with E-state index in [-0.39, 0.29) is 12.0 Å². The first-order chi connectivity index (χ1) is 18.8. The lowest BCUT2D eigenvalue weighted by Gasteiger charge is -2.30. The Morgan fingerprint density at radius 2 is 2.05 bits per heavy atom. The van der Waals surface area contributed by atoms with Gasteiger partial charge in [-0.1, -0.05) is 61.0 Å². The van der Waals surface area contributed by atoms with Gasteiger partial charge < -0.3 is 14.7 Å². The third-order valence-corrected chi connectivity index (χ3v) is 8.57. The molecule has 0 radical (unpaired) electrons. The molecule has 0 amide bonds. The lowest BCUT2D eigenvalue weighted by atomic mass is 9.80. The summed E-state index contributed by atoms with van der Waals surface area (Å²) in [4.78, 5) is 9.81. The summed E-state index contributed by atoms with van der Waals surface area (Å²) in [6.45, 7) is 13.0. The topological polar surface area (TPSA) is 48.8 Å². The van der Waals surface area contributed by atoms with E-state index >= 15 is 0 Å². The lowest BCUT2D eigenvalue weighted by Crippen LogP contribution is -2.31. The molecule has 3 aliphatic rings. The standard InChI is InChI=1S/C33H42ClN3O2/c1-4-36(20-24-9-12-27(34)13-10-24)21-25-15-18-37(22-25)17-6-8-28-29-7-5-16-35-31(29)23-39-32-14-11-26(19-30(28)32)33(2,3)38/h5,7-14,16,19,25,30,32,38H,4,6,15,17-18,20-23H2,1-3H3/b28-8+. The summed E-state index contributed by atoms with van der Waals surface area (Å²) < 4.78 is 6.28. The van der Waals surface area contributed by atoms with Gasteiger partial charge in [0.05, 0.1) is 24.0 Å². The van der Waals surface area contributed by atoms with Gasteiger partial charge in [-0.2, -0.15) is 0 Å². The van der Waals surface area contributed by atoms with Crippen molar-refractivity contribution in [2.45, 2.75) is 58.5 Å². The number of nitrogens with zero attached hydrogens (tertiary/aromatic N) is 3. The first-order valence-corrected chi connectivity index (χ1v) is 14.8. The number of hydrogen-bond acceptors (Lipinski definition) is 5. The minimum absolute atomic E-state index is 0.0478. The smallest absolute Gasteiger partial charge is 0.0902 e. The van der Waals surface area contributed by atoms with Crippen molar-refractivity contribution in [3.05, 3.63) is 94.3 Å². The molecule has 5 nitrogen and oxygen atoms in total. The third kappa shape index (κ3) is 7.08. The van der Waals surface area contributed by atoms with Crippen LogP contribution in [0.5, 0.6) is 0 Å². The van der Waals surface area contributed by atoms with Gasteiger partial charge in [0, 0.05) is 48.9 Å². The van der Waals surface area contributed by atoms with Gasteiger partial charge in [0.2, 0.25) is 0 Å². The molecule has 0 spiro atoms. The van der Waals surface area contributed by atoms with E-state index in [1.54, 1.807) is 0 Å². The van der Waals surface area contributed by atoms with Crippen LogP contribution in [-0.2, 0) is 17.9 Å². The Morgan fingerprint density at radius 1 is 1.23 bits per heavy atom. The Morgan fingerprint density at radius 3 is 2.82 bits per heavy atom. The van der Waals surface area contributed by atoms with Crippen LogP contribution in [0.25, 0.3) is 5.57 Å². The van der Waals surface area contributed by atoms with Crippen LogP contribution >= 0.6 is 11.6 Å². The first kappa shape index (κ1) is 28.3. The molecule has 0 saturated carbocycles. The van der Waals surface area contributed by atoms with Gasteiger partial charge in [-0.05, 0) is 80.6 Å². The lowest BCUT2D eigenvalue weighted by molar-refractivity contribution is 0.0570. The number of ether oxygens (including phenoxy) is 1. The summed E-state index contributed by atoms with van der Waals surface area (Å²) in [5.74, 6) is 0.769. The average molecular weight is 548 g/mol. The first-order valence-electron chi connectivity index (χ1n) is 14.4. The largest absolute Gasteiger partial charge is 0.386 e. The van der Waals surface area contributed by atoms with Crippen LogP contribution in [-0.4, -0.2) is 64.3 Å². The van der Waals surface area contributed by atoms with Crippen LogP contribution in [0.2, 0.25) is 5.02 Å². The van der Waals surface area contributed by atoms with E-state index in [2.05, 4.69) is 58.1 Å². The second-order valence-electron chi connectivity index (χ2n) is 11.7. The zero-order chi connectivity index (χ0) is 27.4. The number of hydrogen-bond donors (Lipinski definition) is 1. The van der Waals surface area contributed by atoms with E-state index in [9.17, 15) is 5.11 Å². The molecule has 3 atom stereocenters. The van der Waals surface area contributed by atoms with E-state index in [1.807, 2.05) is 44.3 Å². The molecule has 39 heavy (non-hydrogen) atoms. The molecule has 1 N–H and O–H groups in total. The van der Waals surface area contributed by atoms with Crippen molar-refractivity contribution in [2.24, 2.45) is 11.8 Å². The Bertz CT molecular complexity index is 1210. The number of benzene rings is 1. The molecular formula is C33H42ClN3O2. The van der Waals surface area contributed by atoms with Crippen LogP contribution in [0, 0.1) is 11.8 Å². The number of pyridine rings is 1. The highest BCUT2D eigenvalue weighted by atomic mass is 35.5. The minimum atomic E-state index is -0.888. The van der Waals surface area contributed by atoms with E-state index in [1.165, 1.54) is 23.1 Å². The highest BCUT2D eigenvalue weighted by Gasteiger charge is 2.33. The second-order valence-corrected chi connectivity index (χ2v) is 12.1. The molecular weight excluding hydrogens is 506 g/mol. The number of aromatic nitrogens is 1. The van der Waals surface area contributed by atoms with Gasteiger partial charge in [0.15, 0.2) is 0 Å². The molecule has 0 bridgehead atoms. The number of halogens is 1. The van der Waals surface area contributed by atoms with E-state index in [0.717, 1.165) is 62.0 Å². The molecule has 1 aromatic heterocycles. The van der Waals surface area contributed by atoms with Crippen LogP contribution in [0.3, 0.4) is 0 Å². The molecule has 1 aromatic carbocycles. The number of aliphatic hydroxyl groups is 1. The molecule has 6 heteroatoms. The van der Waals surface area contributed by atoms with E-state index in [0.29, 0.717) is 12.5 Å². The van der Waals surface area contributed by atoms with Crippen LogP contribution in [0.4, 0.5) is 0 Å². The molecule has 2 aliphatic heterocycles. The van der Waals surface area contributed by atoms with Crippen molar-refractivity contribution in [1.82, 2.24) is 14.8 Å². The molecule has 5 rings (SSSR count). The van der Waals surface area contributed by atoms with E-state index < -0.39 is 5.60 Å². The highest BCUT2D eigenvalue weighted by molar-refractivity contribution is 6.30. The minimum Gasteiger partial charge on any atom is -0.386 e. The fourth-order valence-corrected chi connectivity index (χ4v) is 6.22. The highest BCUT2D eigenvalue weighted by Crippen LogP contribution is 2.39. The van der Waals surface area contributed by atoms with Crippen molar-refractivity contribution >= 4 is 17.2 Å². The zero-order valence-electron chi connectivity index (χ0n) is 23.5. The molecule has 208 valence electrons. The normalized spacial score (nSPS) is 24.5. The van der Waals surface area contributed by atoms with Gasteiger partial charge in [-0.25, -0.2) is 0 Å². The van der Waals surface area contributed by atoms with Crippen LogP contribution in [0.15, 0.2) is 72.5 Å². The van der Waals surface area contributed by atoms with Crippen molar-refractivity contribution in [2.75, 3.05) is 32.7 Å². The Balaban J connectivity index is 1.23. The SMILES string of the molecule is CCN(Cc1ccc(Cl)cc1)CC1CCN(CC/C=C2\c3cccnc3COC3C=CC(C(C)(C)O)=CC23)C1. The summed E-state index contributed by atoms with van der Waals surface area (Å²) in [7, 11) is 0. The Hall–Kier alpha value is -2.28. The van der Waals surface area contributed by atoms with Gasteiger partial charge in [-0.3, -0.25) is 9.88 Å². The van der Waals surface area contributed by atoms with Crippen molar-refractivity contribution in [3.8, 4) is 0 Å². The van der Waals surface area contributed by atoms with Gasteiger partial charge in [-0.15, -0.1) is 0 Å². The Labute approximate surface area is 238 Å². The number of likely N-dealkylation sites (tertiary alicyclic amines) is 1. The summed E-state index contributed by atoms with van der Waals surface area (Å²) in [5, 5.41) is 11.5. The van der Waals surface area contributed by atoms with Gasteiger partial charge in [0.1, 0.15) is 0 Å². The number of rotatable bonds is 9. The quantitative estimate of drug-likeness (QED) is 0.409. The molecule has 1 saturated heterocycles. The average Bonchev–Trinajstić information content (AvgIpc) is 3.31. The molecule has 2 aromatic rings. The predicted octanol–water partition coefficient (Wildman–Crippen LogP) is 6.13. The molecule has 1 fully saturated rings. The van der Waals surface area contributed by atoms with Crippen molar-refractivity contribution in [1.29, 1.82) is 0 Å². The van der Waals surface area contributed by atoms with Crippen LogP contribution < -0.4 is 0 Å². The summed E-state index contributed by atoms with van der Waals surface area (Å²) in [5.41, 5.74) is 4.80. The van der Waals surface area contributed by atoms with Crippen molar-refractivity contribution in [3.63, 3.8) is 0 Å². The summed E-state index contributed by atoms with van der Waals surface area (Å²) in [6, 6.07) is 12.4. The fraction of sp³-hybridized carbons (Fsp3) is 0.485. The van der Waals surface area contributed by atoms with Crippen LogP contribution in [0.1, 0.15) is 50.4 Å². The molecule has 1 aliphatic carbocycles. The van der Waals surface area contributed by atoms with Gasteiger partial charge in [0.25, 0.3) is 0 Å². The maximum atomic E-state index is 10.7. The second kappa shape index (κ2) is 12.5. The summed E-state index contributed by atoms with van der Waals surface area (Å²) >= 11 is 6.07. The zero-order valence-corrected chi connectivity index (χ0v) is 24.3. The third-order valence-electron chi connectivity index (χ3n) is 8.32. The molecule has 3 heterocycles. The van der Waals surface area contributed by atoms with Crippen molar-refractivity contribution < 1.29 is 9.84 Å². The summed E-state index contributed by atoms with van der Waals surface area (Å²) in [6.07, 6.45) is 12.7. The van der Waals surface area contributed by atoms with Gasteiger partial charge >= 0.3 is 0 Å². The maximum Gasteiger partial charge on any atom is 0.0902 e. The fourth-order valence-electron chi connectivity index (χ4n) is 6.10. The monoisotopic (exact) mass is 547 g/mol.